The Labute approximate surface area is 134 Å². The molecule has 0 saturated heterocycles. The topological polar surface area (TPSA) is 118 Å². The number of furan rings is 1. The van der Waals surface area contributed by atoms with Crippen molar-refractivity contribution in [1.29, 1.82) is 0 Å². The molecular weight excluding hydrogens is 304 g/mol. The van der Waals surface area contributed by atoms with Crippen LogP contribution in [-0.2, 0) is 9.53 Å². The summed E-state index contributed by atoms with van der Waals surface area (Å²) in [4.78, 5) is 35.4. The first kappa shape index (κ1) is 18.7. The number of methoxy groups -OCH3 is 1. The van der Waals surface area contributed by atoms with Gasteiger partial charge in [-0.1, -0.05) is 13.8 Å². The molecule has 0 fully saturated rings. The van der Waals surface area contributed by atoms with Crippen LogP contribution in [0.2, 0.25) is 0 Å². The van der Waals surface area contributed by atoms with E-state index in [0.717, 1.165) is 0 Å². The van der Waals surface area contributed by atoms with Gasteiger partial charge >= 0.3 is 6.09 Å². The molecule has 3 N–H and O–H groups in total. The zero-order chi connectivity index (χ0) is 17.4. The summed E-state index contributed by atoms with van der Waals surface area (Å²) in [6.45, 7) is 3.69. The van der Waals surface area contributed by atoms with Crippen molar-refractivity contribution in [1.82, 2.24) is 10.6 Å². The minimum Gasteiger partial charge on any atom is -0.465 e. The largest absolute Gasteiger partial charge is 0.465 e. The van der Waals surface area contributed by atoms with E-state index >= 15 is 0 Å². The molecular formula is C15H22N2O6. The lowest BCUT2D eigenvalue weighted by Gasteiger charge is -2.22. The summed E-state index contributed by atoms with van der Waals surface area (Å²) in [7, 11) is 1.35. The van der Waals surface area contributed by atoms with Crippen LogP contribution in [0.25, 0.3) is 0 Å². The van der Waals surface area contributed by atoms with Crippen LogP contribution in [0, 0.1) is 5.92 Å². The summed E-state index contributed by atoms with van der Waals surface area (Å²) in [5, 5.41) is 13.4. The minimum absolute atomic E-state index is 0.137. The molecule has 8 heteroatoms. The highest BCUT2D eigenvalue weighted by molar-refractivity contribution is 6.00. The summed E-state index contributed by atoms with van der Waals surface area (Å²) in [6, 6.07) is 1.20. The second-order valence-electron chi connectivity index (χ2n) is 5.49. The first-order chi connectivity index (χ1) is 10.8. The number of hydrogen-bond donors (Lipinski definition) is 3. The van der Waals surface area contributed by atoms with Crippen LogP contribution in [0.3, 0.4) is 0 Å². The van der Waals surface area contributed by atoms with E-state index in [1.165, 1.54) is 19.4 Å². The highest BCUT2D eigenvalue weighted by Gasteiger charge is 2.29. The van der Waals surface area contributed by atoms with Gasteiger partial charge in [0, 0.05) is 7.11 Å². The molecule has 0 spiro atoms. The Kier molecular flexibility index (Phi) is 7.27. The molecule has 2 atom stereocenters. The van der Waals surface area contributed by atoms with Crippen molar-refractivity contribution in [2.45, 2.75) is 32.4 Å². The highest BCUT2D eigenvalue weighted by atomic mass is 16.5. The minimum atomic E-state index is -1.35. The lowest BCUT2D eigenvalue weighted by Crippen LogP contribution is -2.53. The van der Waals surface area contributed by atoms with Crippen LogP contribution < -0.4 is 10.6 Å². The maximum absolute atomic E-state index is 12.4. The van der Waals surface area contributed by atoms with Crippen molar-refractivity contribution >= 4 is 17.8 Å². The van der Waals surface area contributed by atoms with Gasteiger partial charge in [-0.3, -0.25) is 9.59 Å². The molecule has 0 bridgehead atoms. The number of ether oxygens (including phenoxy) is 1. The lowest BCUT2D eigenvalue weighted by atomic mass is 9.98. The van der Waals surface area contributed by atoms with Gasteiger partial charge in [-0.2, -0.15) is 0 Å². The summed E-state index contributed by atoms with van der Waals surface area (Å²) in [5.74, 6) is -0.693. The number of carboxylic acid groups (broad SMARTS) is 1. The number of rotatable bonds is 9. The summed E-state index contributed by atoms with van der Waals surface area (Å²) >= 11 is 0. The summed E-state index contributed by atoms with van der Waals surface area (Å²) in [6.07, 6.45) is 0.430. The van der Waals surface area contributed by atoms with Crippen molar-refractivity contribution in [2.24, 2.45) is 5.92 Å². The Morgan fingerprint density at radius 3 is 2.43 bits per heavy atom. The van der Waals surface area contributed by atoms with Crippen molar-refractivity contribution in [3.63, 3.8) is 0 Å². The first-order valence-electron chi connectivity index (χ1n) is 7.21. The molecule has 0 aliphatic heterocycles. The van der Waals surface area contributed by atoms with Crippen LogP contribution in [0.4, 0.5) is 4.79 Å². The predicted octanol–water partition coefficient (Wildman–Crippen LogP) is 1.28. The fraction of sp³-hybridized carbons (Fsp3) is 0.533. The van der Waals surface area contributed by atoms with E-state index in [1.54, 1.807) is 6.07 Å². The van der Waals surface area contributed by atoms with Crippen molar-refractivity contribution < 1.29 is 28.6 Å². The molecule has 0 saturated carbocycles. The van der Waals surface area contributed by atoms with E-state index in [-0.39, 0.29) is 24.1 Å². The Hall–Kier alpha value is -2.35. The van der Waals surface area contributed by atoms with Crippen LogP contribution in [-0.4, -0.2) is 48.7 Å². The number of carbonyl (C=O) groups is 3. The average molecular weight is 326 g/mol. The maximum atomic E-state index is 12.4. The molecule has 1 aromatic heterocycles. The maximum Gasteiger partial charge on any atom is 0.405 e. The van der Waals surface area contributed by atoms with Gasteiger partial charge in [-0.05, 0) is 24.5 Å². The molecule has 0 radical (unpaired) electrons. The zero-order valence-electron chi connectivity index (χ0n) is 13.4. The summed E-state index contributed by atoms with van der Waals surface area (Å²) < 4.78 is 9.91. The van der Waals surface area contributed by atoms with Gasteiger partial charge in [0.1, 0.15) is 6.04 Å². The highest BCUT2D eigenvalue weighted by Crippen LogP contribution is 2.12. The molecule has 1 rings (SSSR count). The Morgan fingerprint density at radius 2 is 1.96 bits per heavy atom. The predicted molar refractivity (Wildman–Crippen MR) is 81.2 cm³/mol. The SMILES string of the molecule is COCC(NC(=O)O)C(=O)NC(CC(C)C)C(=O)c1ccco1. The third-order valence-corrected chi connectivity index (χ3v) is 3.05. The fourth-order valence-electron chi connectivity index (χ4n) is 2.06. The molecule has 1 aromatic rings. The molecule has 1 heterocycles. The molecule has 128 valence electrons. The number of hydrogen-bond acceptors (Lipinski definition) is 5. The smallest absolute Gasteiger partial charge is 0.405 e. The van der Waals surface area contributed by atoms with E-state index in [9.17, 15) is 14.4 Å². The second kappa shape index (κ2) is 8.94. The molecule has 8 nitrogen and oxygen atoms in total. The lowest BCUT2D eigenvalue weighted by molar-refractivity contribution is -0.124. The fourth-order valence-corrected chi connectivity index (χ4v) is 2.06. The van der Waals surface area contributed by atoms with Gasteiger partial charge in [0.05, 0.1) is 18.9 Å². The van der Waals surface area contributed by atoms with Gasteiger partial charge in [0.25, 0.3) is 0 Å². The molecule has 0 aliphatic rings. The van der Waals surface area contributed by atoms with Gasteiger partial charge < -0.3 is 24.9 Å². The average Bonchev–Trinajstić information content (AvgIpc) is 2.98. The monoisotopic (exact) mass is 326 g/mol. The number of Topliss-reactive ketones (excluding diaryl/α,β-unsaturated/α-hetero) is 1. The van der Waals surface area contributed by atoms with Gasteiger partial charge in [0.2, 0.25) is 11.7 Å². The van der Waals surface area contributed by atoms with E-state index in [0.29, 0.717) is 6.42 Å². The standard InChI is InChI=1S/C15H22N2O6/c1-9(2)7-10(13(18)12-5-4-6-23-12)16-14(19)11(8-22-3)17-15(20)21/h4-6,9-11,17H,7-8H2,1-3H3,(H,16,19)(H,20,21). The van der Waals surface area contributed by atoms with Gasteiger partial charge in [0.15, 0.2) is 5.76 Å². The van der Waals surface area contributed by atoms with Crippen LogP contribution in [0.1, 0.15) is 30.8 Å². The van der Waals surface area contributed by atoms with Crippen molar-refractivity contribution in [3.05, 3.63) is 24.2 Å². The van der Waals surface area contributed by atoms with E-state index in [1.807, 2.05) is 13.8 Å². The third kappa shape index (κ3) is 6.11. The molecule has 0 aliphatic carbocycles. The Morgan fingerprint density at radius 1 is 1.26 bits per heavy atom. The Balaban J connectivity index is 2.84. The molecule has 2 amide bonds. The van der Waals surface area contributed by atoms with E-state index in [2.05, 4.69) is 10.6 Å². The molecule has 2 unspecified atom stereocenters. The zero-order valence-corrected chi connectivity index (χ0v) is 13.4. The normalized spacial score (nSPS) is 13.4. The number of carbonyl (C=O) groups excluding carboxylic acids is 2. The van der Waals surface area contributed by atoms with Crippen LogP contribution in [0.5, 0.6) is 0 Å². The third-order valence-electron chi connectivity index (χ3n) is 3.05. The van der Waals surface area contributed by atoms with Crippen LogP contribution >= 0.6 is 0 Å². The van der Waals surface area contributed by atoms with Crippen molar-refractivity contribution in [2.75, 3.05) is 13.7 Å². The summed E-state index contributed by atoms with van der Waals surface area (Å²) in [5.41, 5.74) is 0. The van der Waals surface area contributed by atoms with E-state index in [4.69, 9.17) is 14.3 Å². The number of amides is 2. The van der Waals surface area contributed by atoms with Crippen molar-refractivity contribution in [3.8, 4) is 0 Å². The van der Waals surface area contributed by atoms with Gasteiger partial charge in [-0.15, -0.1) is 0 Å². The van der Waals surface area contributed by atoms with Crippen LogP contribution in [0.15, 0.2) is 22.8 Å². The second-order valence-corrected chi connectivity index (χ2v) is 5.49. The first-order valence-corrected chi connectivity index (χ1v) is 7.21. The van der Waals surface area contributed by atoms with Gasteiger partial charge in [-0.25, -0.2) is 4.79 Å². The number of ketones is 1. The quantitative estimate of drug-likeness (QED) is 0.588. The molecule has 0 aromatic carbocycles. The Bertz CT molecular complexity index is 526. The number of nitrogens with one attached hydrogen (secondary N) is 2. The van der Waals surface area contributed by atoms with E-state index < -0.39 is 24.1 Å². The molecule has 23 heavy (non-hydrogen) atoms.